The van der Waals surface area contributed by atoms with Crippen molar-refractivity contribution in [1.82, 2.24) is 4.90 Å². The number of hydrogen-bond donors (Lipinski definition) is 3. The molecule has 0 saturated carbocycles. The van der Waals surface area contributed by atoms with Gasteiger partial charge in [0.1, 0.15) is 17.1 Å². The monoisotopic (exact) mass is 454 g/mol. The number of aliphatic hydroxyl groups is 2. The first kappa shape index (κ1) is 22.9. The fourth-order valence-corrected chi connectivity index (χ4v) is 5.83. The summed E-state index contributed by atoms with van der Waals surface area (Å²) >= 11 is 0. The van der Waals surface area contributed by atoms with Gasteiger partial charge >= 0.3 is 0 Å². The highest BCUT2D eigenvalue weighted by Gasteiger charge is 2.64. The van der Waals surface area contributed by atoms with E-state index in [9.17, 15) is 29.4 Å². The molecule has 9 nitrogen and oxygen atoms in total. The molecule has 4 rings (SSSR count). The number of nitrogens with zero attached hydrogens (tertiary/aromatic N) is 1. The molecule has 1 aromatic rings. The molecular formula is C24H26N2O7. The number of Topliss-reactive ketones (excluding diaryl/α,β-unsaturated/α-hetero) is 3. The summed E-state index contributed by atoms with van der Waals surface area (Å²) in [5, 5.41) is 22.3. The molecule has 0 heterocycles. The zero-order valence-corrected chi connectivity index (χ0v) is 18.8. The Bertz CT molecular complexity index is 1180. The molecule has 3 aliphatic rings. The number of fused-ring (bicyclic) bond motifs is 3. The van der Waals surface area contributed by atoms with Crippen LogP contribution >= 0.6 is 0 Å². The third-order valence-electron chi connectivity index (χ3n) is 7.18. The molecule has 0 fully saturated rings. The van der Waals surface area contributed by atoms with E-state index in [2.05, 4.69) is 0 Å². The van der Waals surface area contributed by atoms with Crippen LogP contribution in [0.15, 0.2) is 40.9 Å². The first-order valence-corrected chi connectivity index (χ1v) is 10.6. The highest BCUT2D eigenvalue weighted by atomic mass is 16.5. The molecule has 0 aliphatic heterocycles. The van der Waals surface area contributed by atoms with E-state index in [1.165, 1.54) is 14.0 Å². The highest BCUT2D eigenvalue weighted by Crippen LogP contribution is 2.53. The third kappa shape index (κ3) is 2.92. The highest BCUT2D eigenvalue weighted by molar-refractivity contribution is 6.25. The van der Waals surface area contributed by atoms with Gasteiger partial charge in [-0.25, -0.2) is 0 Å². The lowest BCUT2D eigenvalue weighted by Crippen LogP contribution is -2.64. The second-order valence-corrected chi connectivity index (χ2v) is 9.02. The van der Waals surface area contributed by atoms with E-state index >= 15 is 0 Å². The van der Waals surface area contributed by atoms with E-state index < -0.39 is 58.0 Å². The molecule has 33 heavy (non-hydrogen) atoms. The number of ether oxygens (including phenoxy) is 1. The number of primary amides is 1. The zero-order chi connectivity index (χ0) is 24.4. The first-order chi connectivity index (χ1) is 15.5. The van der Waals surface area contributed by atoms with Crippen LogP contribution in [-0.2, 0) is 20.7 Å². The van der Waals surface area contributed by atoms with Crippen molar-refractivity contribution in [2.24, 2.45) is 17.6 Å². The van der Waals surface area contributed by atoms with E-state index in [1.54, 1.807) is 37.2 Å². The predicted molar refractivity (Wildman–Crippen MR) is 117 cm³/mol. The van der Waals surface area contributed by atoms with Crippen molar-refractivity contribution >= 4 is 23.3 Å². The largest absolute Gasteiger partial charge is 0.510 e. The van der Waals surface area contributed by atoms with Crippen molar-refractivity contribution in [1.29, 1.82) is 0 Å². The predicted octanol–water partition coefficient (Wildman–Crippen LogP) is 1.27. The van der Waals surface area contributed by atoms with Crippen LogP contribution < -0.4 is 5.73 Å². The molecular weight excluding hydrogens is 428 g/mol. The Kier molecular flexibility index (Phi) is 5.29. The Morgan fingerprint density at radius 1 is 1.21 bits per heavy atom. The number of benzene rings is 1. The van der Waals surface area contributed by atoms with E-state index in [1.807, 2.05) is 0 Å². The third-order valence-corrected chi connectivity index (χ3v) is 7.18. The second kappa shape index (κ2) is 7.64. The molecule has 1 aromatic carbocycles. The molecule has 0 spiro atoms. The van der Waals surface area contributed by atoms with Gasteiger partial charge in [-0.2, -0.15) is 0 Å². The Hall–Kier alpha value is -3.30. The summed E-state index contributed by atoms with van der Waals surface area (Å²) in [6.45, 7) is 1.43. The van der Waals surface area contributed by atoms with E-state index in [-0.39, 0.29) is 23.3 Å². The Balaban J connectivity index is 2.00. The van der Waals surface area contributed by atoms with Crippen LogP contribution in [-0.4, -0.2) is 71.2 Å². The number of nitrogens with two attached hydrogens (primary N) is 1. The van der Waals surface area contributed by atoms with Crippen LogP contribution in [0.4, 0.5) is 0 Å². The standard InChI is InChI=1S/C24H26N2O7/c1-10(27)12-6-5-7-13-14(12)8-11-9-15-18(26(2)3)20(29)17(23(25)32)22(31)24(15,33-4)21(30)16(11)19(13)28/h5-7,11,15,18,29-30H,8-9H2,1-4H3,(H2,25,32)/t11-,15-,18-,24-/m0/s1. The lowest BCUT2D eigenvalue weighted by Gasteiger charge is -2.51. The summed E-state index contributed by atoms with van der Waals surface area (Å²) in [6.07, 6.45) is 0.489. The number of likely N-dealkylation sites (N-methyl/N-ethyl adjacent to an activating group) is 1. The molecule has 0 aromatic heterocycles. The van der Waals surface area contributed by atoms with Crippen LogP contribution in [0.2, 0.25) is 0 Å². The van der Waals surface area contributed by atoms with Gasteiger partial charge in [0.15, 0.2) is 17.2 Å². The van der Waals surface area contributed by atoms with Gasteiger partial charge in [-0.05, 0) is 45.3 Å². The lowest BCUT2D eigenvalue weighted by molar-refractivity contribution is -0.154. The summed E-state index contributed by atoms with van der Waals surface area (Å²) in [7, 11) is 4.52. The minimum absolute atomic E-state index is 0.0253. The molecule has 0 unspecified atom stereocenters. The van der Waals surface area contributed by atoms with Gasteiger partial charge in [-0.15, -0.1) is 0 Å². The number of carbonyl (C=O) groups is 4. The molecule has 3 aliphatic carbocycles. The summed E-state index contributed by atoms with van der Waals surface area (Å²) in [4.78, 5) is 52.9. The number of hydrogen-bond acceptors (Lipinski definition) is 8. The van der Waals surface area contributed by atoms with Crippen LogP contribution in [0.25, 0.3) is 0 Å². The average molecular weight is 454 g/mol. The van der Waals surface area contributed by atoms with Crippen LogP contribution in [0.1, 0.15) is 39.6 Å². The summed E-state index contributed by atoms with van der Waals surface area (Å²) in [6, 6.07) is 3.96. The molecule has 0 saturated heterocycles. The lowest BCUT2D eigenvalue weighted by atomic mass is 9.58. The molecule has 4 atom stereocenters. The minimum atomic E-state index is -2.05. The minimum Gasteiger partial charge on any atom is -0.510 e. The SMILES string of the molecule is CO[C@@]12C(=O)C(C(N)=O)=C(O)[C@@H](N(C)C)[C@@H]1C[C@@H]1Cc3c(C(C)=O)cccc3C(=O)C1=C2O. The van der Waals surface area contributed by atoms with Crippen molar-refractivity contribution < 1.29 is 34.1 Å². The maximum Gasteiger partial charge on any atom is 0.255 e. The fraction of sp³-hybridized carbons (Fsp3) is 0.417. The van der Waals surface area contributed by atoms with Crippen LogP contribution in [0, 0.1) is 11.8 Å². The van der Waals surface area contributed by atoms with E-state index in [0.717, 1.165) is 0 Å². The fourth-order valence-electron chi connectivity index (χ4n) is 5.83. The van der Waals surface area contributed by atoms with Crippen molar-refractivity contribution in [3.8, 4) is 0 Å². The maximum atomic E-state index is 13.5. The van der Waals surface area contributed by atoms with E-state index in [0.29, 0.717) is 17.5 Å². The number of allylic oxidation sites excluding steroid dienone is 1. The Labute approximate surface area is 190 Å². The summed E-state index contributed by atoms with van der Waals surface area (Å²) < 4.78 is 5.62. The summed E-state index contributed by atoms with van der Waals surface area (Å²) in [5.74, 6) is -5.19. The average Bonchev–Trinajstić information content (AvgIpc) is 2.73. The van der Waals surface area contributed by atoms with Gasteiger partial charge in [0.05, 0.1) is 6.04 Å². The molecule has 0 bridgehead atoms. The van der Waals surface area contributed by atoms with E-state index in [4.69, 9.17) is 10.5 Å². The smallest absolute Gasteiger partial charge is 0.255 e. The number of carbonyl (C=O) groups excluding carboxylic acids is 4. The zero-order valence-electron chi connectivity index (χ0n) is 18.8. The van der Waals surface area contributed by atoms with Crippen LogP contribution in [0.5, 0.6) is 0 Å². The van der Waals surface area contributed by atoms with Gasteiger partial charge in [-0.1, -0.05) is 18.2 Å². The Morgan fingerprint density at radius 3 is 2.42 bits per heavy atom. The van der Waals surface area contributed by atoms with Gasteiger partial charge in [0.25, 0.3) is 5.91 Å². The van der Waals surface area contributed by atoms with Gasteiger partial charge in [0, 0.05) is 29.7 Å². The summed E-state index contributed by atoms with van der Waals surface area (Å²) in [5.41, 5.74) is 4.05. The van der Waals surface area contributed by atoms with Crippen molar-refractivity contribution in [3.63, 3.8) is 0 Å². The molecule has 9 heteroatoms. The number of methoxy groups -OCH3 is 1. The molecule has 0 radical (unpaired) electrons. The number of rotatable bonds is 4. The quantitative estimate of drug-likeness (QED) is 0.455. The first-order valence-electron chi connectivity index (χ1n) is 10.6. The van der Waals surface area contributed by atoms with Gasteiger partial charge in [0.2, 0.25) is 5.78 Å². The number of aliphatic hydroxyl groups excluding tert-OH is 2. The number of ketones is 3. The Morgan fingerprint density at radius 2 is 1.88 bits per heavy atom. The normalized spacial score (nSPS) is 29.1. The molecule has 1 amide bonds. The second-order valence-electron chi connectivity index (χ2n) is 9.02. The van der Waals surface area contributed by atoms with Crippen molar-refractivity contribution in [2.45, 2.75) is 31.4 Å². The molecule has 4 N–H and O–H groups in total. The molecule has 174 valence electrons. The van der Waals surface area contributed by atoms with Gasteiger partial charge < -0.3 is 20.7 Å². The number of amides is 1. The maximum absolute atomic E-state index is 13.5. The van der Waals surface area contributed by atoms with Crippen LogP contribution in [0.3, 0.4) is 0 Å². The van der Waals surface area contributed by atoms with Crippen molar-refractivity contribution in [2.75, 3.05) is 21.2 Å². The van der Waals surface area contributed by atoms with Gasteiger partial charge in [-0.3, -0.25) is 24.1 Å². The van der Waals surface area contributed by atoms with Crippen molar-refractivity contribution in [3.05, 3.63) is 57.6 Å². The topological polar surface area (TPSA) is 147 Å².